The summed E-state index contributed by atoms with van der Waals surface area (Å²) < 4.78 is 0. The van der Waals surface area contributed by atoms with Crippen molar-refractivity contribution < 1.29 is 4.79 Å². The van der Waals surface area contributed by atoms with Crippen LogP contribution in [-0.2, 0) is 17.6 Å². The van der Waals surface area contributed by atoms with Crippen LogP contribution < -0.4 is 0 Å². The fourth-order valence-corrected chi connectivity index (χ4v) is 3.28. The van der Waals surface area contributed by atoms with Crippen molar-refractivity contribution in [1.29, 1.82) is 0 Å². The Kier molecular flexibility index (Phi) is 4.44. The lowest BCUT2D eigenvalue weighted by Crippen LogP contribution is -2.14. The topological polar surface area (TPSA) is 30.0 Å². The lowest BCUT2D eigenvalue weighted by Gasteiger charge is -2.24. The standard InChI is InChI=1S/C19H21NO/c21-18(9-8-15-10-12-20-13-11-15)14-17-6-3-5-16-4-1-2-7-19(16)17/h1-2,4,7,10-13,17H,3,5-6,8-9,14H2. The van der Waals surface area contributed by atoms with Crippen molar-refractivity contribution in [3.63, 3.8) is 0 Å². The minimum atomic E-state index is 0.383. The summed E-state index contributed by atoms with van der Waals surface area (Å²) in [6, 6.07) is 12.6. The zero-order valence-electron chi connectivity index (χ0n) is 12.3. The minimum Gasteiger partial charge on any atom is -0.300 e. The van der Waals surface area contributed by atoms with Gasteiger partial charge in [-0.25, -0.2) is 0 Å². The van der Waals surface area contributed by atoms with E-state index in [1.54, 1.807) is 12.4 Å². The van der Waals surface area contributed by atoms with Crippen LogP contribution >= 0.6 is 0 Å². The van der Waals surface area contributed by atoms with E-state index in [1.807, 2.05) is 12.1 Å². The summed E-state index contributed by atoms with van der Waals surface area (Å²) >= 11 is 0. The van der Waals surface area contributed by atoms with Crippen molar-refractivity contribution in [1.82, 2.24) is 4.98 Å². The molecule has 2 heteroatoms. The summed E-state index contributed by atoms with van der Waals surface area (Å²) in [5, 5.41) is 0. The molecule has 1 unspecified atom stereocenters. The number of hydrogen-bond acceptors (Lipinski definition) is 2. The summed E-state index contributed by atoms with van der Waals surface area (Å²) in [6.45, 7) is 0. The van der Waals surface area contributed by atoms with Crippen molar-refractivity contribution >= 4 is 5.78 Å². The second-order valence-corrected chi connectivity index (χ2v) is 5.89. The molecule has 108 valence electrons. The third-order valence-corrected chi connectivity index (χ3v) is 4.41. The number of rotatable bonds is 5. The van der Waals surface area contributed by atoms with Crippen LogP contribution in [0.3, 0.4) is 0 Å². The van der Waals surface area contributed by atoms with E-state index in [4.69, 9.17) is 0 Å². The first kappa shape index (κ1) is 14.0. The van der Waals surface area contributed by atoms with Crippen LogP contribution in [0, 0.1) is 0 Å². The Morgan fingerprint density at radius 3 is 2.81 bits per heavy atom. The van der Waals surface area contributed by atoms with Crippen LogP contribution in [0.1, 0.15) is 48.3 Å². The lowest BCUT2D eigenvalue weighted by atomic mass is 9.80. The van der Waals surface area contributed by atoms with Crippen LogP contribution in [0.25, 0.3) is 0 Å². The second-order valence-electron chi connectivity index (χ2n) is 5.89. The average molecular weight is 279 g/mol. The number of fused-ring (bicyclic) bond motifs is 1. The fourth-order valence-electron chi connectivity index (χ4n) is 3.28. The summed E-state index contributed by atoms with van der Waals surface area (Å²) in [7, 11) is 0. The Morgan fingerprint density at radius 1 is 1.14 bits per heavy atom. The van der Waals surface area contributed by atoms with Gasteiger partial charge in [0.25, 0.3) is 0 Å². The van der Waals surface area contributed by atoms with Gasteiger partial charge in [-0.2, -0.15) is 0 Å². The van der Waals surface area contributed by atoms with E-state index >= 15 is 0 Å². The van der Waals surface area contributed by atoms with Crippen molar-refractivity contribution in [2.75, 3.05) is 0 Å². The number of Topliss-reactive ketones (excluding diaryl/α,β-unsaturated/α-hetero) is 1. The van der Waals surface area contributed by atoms with Gasteiger partial charge in [0.05, 0.1) is 0 Å². The van der Waals surface area contributed by atoms with Gasteiger partial charge in [-0.15, -0.1) is 0 Å². The molecule has 0 amide bonds. The second kappa shape index (κ2) is 6.66. The molecule has 2 nitrogen and oxygen atoms in total. The highest BCUT2D eigenvalue weighted by molar-refractivity contribution is 5.79. The van der Waals surface area contributed by atoms with E-state index in [2.05, 4.69) is 29.2 Å². The average Bonchev–Trinajstić information content (AvgIpc) is 2.54. The molecule has 1 aromatic carbocycles. The third kappa shape index (κ3) is 3.57. The van der Waals surface area contributed by atoms with Crippen molar-refractivity contribution in [3.05, 3.63) is 65.5 Å². The molecule has 1 aromatic heterocycles. The maximum atomic E-state index is 12.3. The van der Waals surface area contributed by atoms with Crippen molar-refractivity contribution in [2.24, 2.45) is 0 Å². The number of ketones is 1. The highest BCUT2D eigenvalue weighted by Gasteiger charge is 2.21. The summed E-state index contributed by atoms with van der Waals surface area (Å²) in [4.78, 5) is 16.3. The quantitative estimate of drug-likeness (QED) is 0.825. The molecule has 0 fully saturated rings. The zero-order chi connectivity index (χ0) is 14.5. The Labute approximate surface area is 126 Å². The van der Waals surface area contributed by atoms with Gasteiger partial charge in [-0.3, -0.25) is 9.78 Å². The highest BCUT2D eigenvalue weighted by Crippen LogP contribution is 2.34. The minimum absolute atomic E-state index is 0.383. The SMILES string of the molecule is O=C(CCc1ccncc1)CC1CCCc2ccccc21. The van der Waals surface area contributed by atoms with Gasteiger partial charge in [0.1, 0.15) is 5.78 Å². The lowest BCUT2D eigenvalue weighted by molar-refractivity contribution is -0.119. The molecule has 1 atom stereocenters. The molecule has 21 heavy (non-hydrogen) atoms. The van der Waals surface area contributed by atoms with Gasteiger partial charge < -0.3 is 0 Å². The molecule has 3 rings (SSSR count). The van der Waals surface area contributed by atoms with E-state index < -0.39 is 0 Å². The molecule has 0 N–H and O–H groups in total. The number of aromatic nitrogens is 1. The predicted octanol–water partition coefficient (Wildman–Crippen LogP) is 4.09. The number of pyridine rings is 1. The summed E-state index contributed by atoms with van der Waals surface area (Å²) in [6.07, 6.45) is 9.27. The Bertz CT molecular complexity index is 606. The van der Waals surface area contributed by atoms with Crippen molar-refractivity contribution in [3.8, 4) is 0 Å². The molecular weight excluding hydrogens is 258 g/mol. The van der Waals surface area contributed by atoms with E-state index in [9.17, 15) is 4.79 Å². The summed E-state index contributed by atoms with van der Waals surface area (Å²) in [5.74, 6) is 0.813. The fraction of sp³-hybridized carbons (Fsp3) is 0.368. The van der Waals surface area contributed by atoms with Crippen molar-refractivity contribution in [2.45, 2.75) is 44.4 Å². The molecular formula is C19H21NO. The molecule has 1 aliphatic carbocycles. The van der Waals surface area contributed by atoms with E-state index in [1.165, 1.54) is 23.1 Å². The van der Waals surface area contributed by atoms with Crippen LogP contribution in [0.5, 0.6) is 0 Å². The first-order chi connectivity index (χ1) is 10.3. The molecule has 0 bridgehead atoms. The molecule has 1 heterocycles. The largest absolute Gasteiger partial charge is 0.300 e. The van der Waals surface area contributed by atoms with Crippen LogP contribution in [-0.4, -0.2) is 10.8 Å². The molecule has 0 aliphatic heterocycles. The maximum Gasteiger partial charge on any atom is 0.133 e. The Morgan fingerprint density at radius 2 is 1.95 bits per heavy atom. The van der Waals surface area contributed by atoms with Gasteiger partial charge in [0, 0.05) is 25.2 Å². The normalized spacial score (nSPS) is 17.2. The molecule has 0 saturated heterocycles. The predicted molar refractivity (Wildman–Crippen MR) is 84.3 cm³/mol. The van der Waals surface area contributed by atoms with E-state index in [-0.39, 0.29) is 0 Å². The van der Waals surface area contributed by atoms with Gasteiger partial charge in [0.2, 0.25) is 0 Å². The number of carbonyl (C=O) groups excluding carboxylic acids is 1. The Balaban J connectivity index is 1.58. The van der Waals surface area contributed by atoms with Crippen LogP contribution in [0.15, 0.2) is 48.8 Å². The molecule has 1 aliphatic rings. The van der Waals surface area contributed by atoms with Gasteiger partial charge in [-0.1, -0.05) is 24.3 Å². The third-order valence-electron chi connectivity index (χ3n) is 4.41. The maximum absolute atomic E-state index is 12.3. The Hall–Kier alpha value is -1.96. The number of benzene rings is 1. The van der Waals surface area contributed by atoms with Crippen LogP contribution in [0.2, 0.25) is 0 Å². The monoisotopic (exact) mass is 279 g/mol. The van der Waals surface area contributed by atoms with E-state index in [0.717, 1.165) is 19.3 Å². The van der Waals surface area contributed by atoms with Gasteiger partial charge in [-0.05, 0) is 60.4 Å². The molecule has 2 aromatic rings. The first-order valence-electron chi connectivity index (χ1n) is 7.81. The zero-order valence-corrected chi connectivity index (χ0v) is 12.3. The number of nitrogens with zero attached hydrogens (tertiary/aromatic N) is 1. The number of aryl methyl sites for hydroxylation is 2. The smallest absolute Gasteiger partial charge is 0.133 e. The highest BCUT2D eigenvalue weighted by atomic mass is 16.1. The van der Waals surface area contributed by atoms with Crippen LogP contribution in [0.4, 0.5) is 0 Å². The number of carbonyl (C=O) groups is 1. The van der Waals surface area contributed by atoms with Gasteiger partial charge >= 0.3 is 0 Å². The molecule has 0 spiro atoms. The summed E-state index contributed by atoms with van der Waals surface area (Å²) in [5.41, 5.74) is 4.04. The first-order valence-corrected chi connectivity index (χ1v) is 7.81. The molecule has 0 saturated carbocycles. The van der Waals surface area contributed by atoms with Gasteiger partial charge in [0.15, 0.2) is 0 Å². The molecule has 0 radical (unpaired) electrons. The number of hydrogen-bond donors (Lipinski definition) is 0. The van der Waals surface area contributed by atoms with E-state index in [0.29, 0.717) is 24.5 Å².